The average Bonchev–Trinajstić information content (AvgIpc) is 2.69. The lowest BCUT2D eigenvalue weighted by atomic mass is 9.93. The number of hydrogen-bond donors (Lipinski definition) is 0. The van der Waals surface area contributed by atoms with Crippen molar-refractivity contribution in [3.63, 3.8) is 0 Å². The van der Waals surface area contributed by atoms with Crippen LogP contribution in [0.1, 0.15) is 24.8 Å². The van der Waals surface area contributed by atoms with Crippen molar-refractivity contribution in [3.8, 4) is 0 Å². The summed E-state index contributed by atoms with van der Waals surface area (Å²) in [6.45, 7) is 4.76. The molecule has 2 heterocycles. The number of amides is 1. The van der Waals surface area contributed by atoms with Crippen molar-refractivity contribution in [1.82, 2.24) is 9.80 Å². The van der Waals surface area contributed by atoms with Crippen LogP contribution < -0.4 is 4.90 Å². The molecule has 1 amide bonds. The normalized spacial score (nSPS) is 20.6. The third-order valence-electron chi connectivity index (χ3n) is 5.12. The first-order valence-electron chi connectivity index (χ1n) is 8.39. The van der Waals surface area contributed by atoms with Gasteiger partial charge in [0.05, 0.1) is 0 Å². The summed E-state index contributed by atoms with van der Waals surface area (Å²) in [7, 11) is 4.28. The van der Waals surface area contributed by atoms with E-state index in [9.17, 15) is 4.79 Å². The largest absolute Gasteiger partial charge is 0.373 e. The minimum absolute atomic E-state index is 0.333. The number of rotatable bonds is 2. The van der Waals surface area contributed by atoms with E-state index in [2.05, 4.69) is 53.1 Å². The van der Waals surface area contributed by atoms with Crippen LogP contribution in [0.4, 0.5) is 5.69 Å². The molecule has 22 heavy (non-hydrogen) atoms. The van der Waals surface area contributed by atoms with Gasteiger partial charge in [0.25, 0.3) is 0 Å². The SMILES string of the molecule is CN1CCC(CC(=O)N2CCN(C)c3ccccc3C2)CC1. The molecule has 0 spiro atoms. The minimum Gasteiger partial charge on any atom is -0.373 e. The van der Waals surface area contributed by atoms with Gasteiger partial charge in [-0.1, -0.05) is 18.2 Å². The first-order valence-corrected chi connectivity index (χ1v) is 8.39. The van der Waals surface area contributed by atoms with Crippen molar-refractivity contribution < 1.29 is 4.79 Å². The van der Waals surface area contributed by atoms with Crippen LogP contribution in [0.25, 0.3) is 0 Å². The average molecular weight is 301 g/mol. The molecule has 3 rings (SSSR count). The predicted molar refractivity (Wildman–Crippen MR) is 90.0 cm³/mol. The Hall–Kier alpha value is -1.55. The van der Waals surface area contributed by atoms with E-state index >= 15 is 0 Å². The molecule has 4 nitrogen and oxygen atoms in total. The fourth-order valence-corrected chi connectivity index (χ4v) is 3.55. The molecule has 0 saturated carbocycles. The first kappa shape index (κ1) is 15.3. The number of carbonyl (C=O) groups excluding carboxylic acids is 1. The molecule has 0 unspecified atom stereocenters. The quantitative estimate of drug-likeness (QED) is 0.838. The summed E-state index contributed by atoms with van der Waals surface area (Å²) in [5.41, 5.74) is 2.52. The third kappa shape index (κ3) is 3.43. The van der Waals surface area contributed by atoms with E-state index in [-0.39, 0.29) is 0 Å². The Labute approximate surface area is 133 Å². The summed E-state index contributed by atoms with van der Waals surface area (Å²) in [6.07, 6.45) is 3.04. The zero-order valence-electron chi connectivity index (χ0n) is 13.8. The standard InChI is InChI=1S/C18H27N3O/c1-19-9-7-15(8-10-19)13-18(22)21-12-11-20(2)17-6-4-3-5-16(17)14-21/h3-6,15H,7-14H2,1-2H3. The van der Waals surface area contributed by atoms with Crippen LogP contribution in [0, 0.1) is 5.92 Å². The predicted octanol–water partition coefficient (Wildman–Crippen LogP) is 2.20. The maximum absolute atomic E-state index is 12.7. The van der Waals surface area contributed by atoms with Crippen LogP contribution in [-0.4, -0.2) is 56.0 Å². The summed E-state index contributed by atoms with van der Waals surface area (Å²) in [5, 5.41) is 0. The van der Waals surface area contributed by atoms with Crippen molar-refractivity contribution in [1.29, 1.82) is 0 Å². The highest BCUT2D eigenvalue weighted by atomic mass is 16.2. The Morgan fingerprint density at radius 2 is 1.82 bits per heavy atom. The molecule has 2 aliphatic heterocycles. The number of nitrogens with zero attached hydrogens (tertiary/aromatic N) is 3. The Kier molecular flexibility index (Phi) is 4.67. The Bertz CT molecular complexity index is 523. The van der Waals surface area contributed by atoms with Crippen molar-refractivity contribution >= 4 is 11.6 Å². The lowest BCUT2D eigenvalue weighted by Gasteiger charge is -2.30. The van der Waals surface area contributed by atoms with E-state index in [4.69, 9.17) is 0 Å². The second-order valence-electron chi connectivity index (χ2n) is 6.82. The van der Waals surface area contributed by atoms with Gasteiger partial charge in [-0.15, -0.1) is 0 Å². The van der Waals surface area contributed by atoms with Crippen LogP contribution in [-0.2, 0) is 11.3 Å². The van der Waals surface area contributed by atoms with Gasteiger partial charge in [0.1, 0.15) is 0 Å². The number of fused-ring (bicyclic) bond motifs is 1. The van der Waals surface area contributed by atoms with E-state index in [1.165, 1.54) is 11.3 Å². The molecular formula is C18H27N3O. The number of para-hydroxylation sites is 1. The van der Waals surface area contributed by atoms with Gasteiger partial charge in [0.2, 0.25) is 5.91 Å². The summed E-state index contributed by atoms with van der Waals surface area (Å²) >= 11 is 0. The lowest BCUT2D eigenvalue weighted by Crippen LogP contribution is -2.37. The van der Waals surface area contributed by atoms with E-state index in [0.717, 1.165) is 52.0 Å². The molecule has 2 aliphatic rings. The van der Waals surface area contributed by atoms with Crippen molar-refractivity contribution in [2.24, 2.45) is 5.92 Å². The van der Waals surface area contributed by atoms with Crippen LogP contribution in [0.2, 0.25) is 0 Å². The number of anilines is 1. The van der Waals surface area contributed by atoms with Gasteiger partial charge in [0, 0.05) is 38.8 Å². The fourth-order valence-electron chi connectivity index (χ4n) is 3.55. The monoisotopic (exact) mass is 301 g/mol. The smallest absolute Gasteiger partial charge is 0.223 e. The highest BCUT2D eigenvalue weighted by Gasteiger charge is 2.25. The van der Waals surface area contributed by atoms with Gasteiger partial charge in [0.15, 0.2) is 0 Å². The molecule has 0 aromatic heterocycles. The van der Waals surface area contributed by atoms with E-state index in [1.54, 1.807) is 0 Å². The Morgan fingerprint density at radius 3 is 2.59 bits per heavy atom. The molecule has 0 atom stereocenters. The molecule has 0 aliphatic carbocycles. The molecule has 120 valence electrons. The van der Waals surface area contributed by atoms with Crippen molar-refractivity contribution in [2.45, 2.75) is 25.8 Å². The first-order chi connectivity index (χ1) is 10.6. The van der Waals surface area contributed by atoms with Gasteiger partial charge in [-0.25, -0.2) is 0 Å². The van der Waals surface area contributed by atoms with Crippen molar-refractivity contribution in [3.05, 3.63) is 29.8 Å². The van der Waals surface area contributed by atoms with Crippen LogP contribution in [0.5, 0.6) is 0 Å². The van der Waals surface area contributed by atoms with E-state index in [0.29, 0.717) is 11.8 Å². The number of likely N-dealkylation sites (tertiary alicyclic amines) is 1. The molecule has 4 heteroatoms. The number of benzene rings is 1. The number of hydrogen-bond acceptors (Lipinski definition) is 3. The maximum atomic E-state index is 12.7. The number of carbonyl (C=O) groups is 1. The van der Waals surface area contributed by atoms with Gasteiger partial charge >= 0.3 is 0 Å². The zero-order chi connectivity index (χ0) is 15.5. The summed E-state index contributed by atoms with van der Waals surface area (Å²) in [4.78, 5) is 19.4. The van der Waals surface area contributed by atoms with Crippen LogP contribution in [0.15, 0.2) is 24.3 Å². The third-order valence-corrected chi connectivity index (χ3v) is 5.12. The molecular weight excluding hydrogens is 274 g/mol. The van der Waals surface area contributed by atoms with Gasteiger partial charge in [-0.05, 0) is 50.5 Å². The molecule has 1 aromatic carbocycles. The highest BCUT2D eigenvalue weighted by Crippen LogP contribution is 2.26. The molecule has 1 saturated heterocycles. The Balaban J connectivity index is 1.64. The number of likely N-dealkylation sites (N-methyl/N-ethyl adjacent to an activating group) is 1. The number of piperidine rings is 1. The van der Waals surface area contributed by atoms with Gasteiger partial charge in [-0.2, -0.15) is 0 Å². The molecule has 0 bridgehead atoms. The summed E-state index contributed by atoms with van der Waals surface area (Å²) in [6, 6.07) is 8.44. The molecule has 0 N–H and O–H groups in total. The van der Waals surface area contributed by atoms with E-state index in [1.807, 2.05) is 0 Å². The summed E-state index contributed by atoms with van der Waals surface area (Å²) < 4.78 is 0. The zero-order valence-corrected chi connectivity index (χ0v) is 13.8. The minimum atomic E-state index is 0.333. The fraction of sp³-hybridized carbons (Fsp3) is 0.611. The second kappa shape index (κ2) is 6.69. The lowest BCUT2D eigenvalue weighted by molar-refractivity contribution is -0.133. The second-order valence-corrected chi connectivity index (χ2v) is 6.82. The molecule has 1 aromatic rings. The molecule has 1 fully saturated rings. The van der Waals surface area contributed by atoms with Crippen molar-refractivity contribution in [2.75, 3.05) is 45.2 Å². The topological polar surface area (TPSA) is 26.8 Å². The van der Waals surface area contributed by atoms with Crippen LogP contribution >= 0.6 is 0 Å². The molecule has 0 radical (unpaired) electrons. The van der Waals surface area contributed by atoms with Gasteiger partial charge < -0.3 is 14.7 Å². The maximum Gasteiger partial charge on any atom is 0.223 e. The Morgan fingerprint density at radius 1 is 1.09 bits per heavy atom. The van der Waals surface area contributed by atoms with Gasteiger partial charge in [-0.3, -0.25) is 4.79 Å². The van der Waals surface area contributed by atoms with Crippen LogP contribution in [0.3, 0.4) is 0 Å². The highest BCUT2D eigenvalue weighted by molar-refractivity contribution is 5.77. The van der Waals surface area contributed by atoms with E-state index < -0.39 is 0 Å². The summed E-state index contributed by atoms with van der Waals surface area (Å²) in [5.74, 6) is 0.902.